The van der Waals surface area contributed by atoms with Crippen LogP contribution in [0.1, 0.15) is 187 Å². The Kier molecular flexibility index (Phi) is 37.2. The van der Waals surface area contributed by atoms with Crippen LogP contribution in [0.2, 0.25) is 0 Å². The monoisotopic (exact) mass is 788 g/mol. The van der Waals surface area contributed by atoms with Crippen molar-refractivity contribution in [1.82, 2.24) is 0 Å². The smallest absolute Gasteiger partial charge is 0.306 e. The maximum Gasteiger partial charge on any atom is 0.306 e. The van der Waals surface area contributed by atoms with Gasteiger partial charge >= 0.3 is 11.9 Å². The van der Waals surface area contributed by atoms with Gasteiger partial charge < -0.3 is 28.6 Å². The number of quaternary nitrogens is 1. The molecule has 0 aromatic carbocycles. The fourth-order valence-corrected chi connectivity index (χ4v) is 6.42. The minimum Gasteiger partial charge on any atom is -0.544 e. The van der Waals surface area contributed by atoms with E-state index < -0.39 is 18.1 Å². The predicted molar refractivity (Wildman–Crippen MR) is 231 cm³/mol. The van der Waals surface area contributed by atoms with Gasteiger partial charge in [-0.15, -0.1) is 0 Å². The van der Waals surface area contributed by atoms with Crippen LogP contribution in [-0.4, -0.2) is 75.5 Å². The average Bonchev–Trinajstić information content (AvgIpc) is 3.15. The molecule has 324 valence electrons. The van der Waals surface area contributed by atoms with Gasteiger partial charge in [-0.2, -0.15) is 0 Å². The Balaban J connectivity index is 4.39. The van der Waals surface area contributed by atoms with Crippen molar-refractivity contribution in [2.24, 2.45) is 0 Å². The summed E-state index contributed by atoms with van der Waals surface area (Å²) >= 11 is 0. The Morgan fingerprint density at radius 2 is 0.964 bits per heavy atom. The highest BCUT2D eigenvalue weighted by molar-refractivity contribution is 5.70. The Hall–Kier alpha value is -2.71. The molecular formula is C48H85NO7. The predicted octanol–water partition coefficient (Wildman–Crippen LogP) is 11.1. The molecule has 0 amide bonds. The lowest BCUT2D eigenvalue weighted by molar-refractivity contribution is -0.889. The highest BCUT2D eigenvalue weighted by Crippen LogP contribution is 2.13. The van der Waals surface area contributed by atoms with Crippen molar-refractivity contribution >= 4 is 17.9 Å². The third-order valence-electron chi connectivity index (χ3n) is 10.00. The third-order valence-corrected chi connectivity index (χ3v) is 10.00. The van der Waals surface area contributed by atoms with Crippen molar-refractivity contribution in [3.63, 3.8) is 0 Å². The SMILES string of the molecule is CCCCCCC/C=C/C=C/C=C/CCCCCCCC(=O)OCC(COCCC(C(=O)[O-])[N+](C)(C)C)OC(=O)CCCCC/C=C/CCCCCCCCC. The molecule has 2 atom stereocenters. The van der Waals surface area contributed by atoms with Gasteiger partial charge in [-0.25, -0.2) is 0 Å². The summed E-state index contributed by atoms with van der Waals surface area (Å²) in [5.41, 5.74) is 0. The minimum atomic E-state index is -1.13. The topological polar surface area (TPSA) is 102 Å². The molecule has 8 nitrogen and oxygen atoms in total. The molecule has 0 aliphatic carbocycles. The van der Waals surface area contributed by atoms with Crippen LogP contribution in [0.15, 0.2) is 48.6 Å². The van der Waals surface area contributed by atoms with Crippen molar-refractivity contribution in [3.8, 4) is 0 Å². The number of allylic oxidation sites excluding steroid dienone is 8. The Labute approximate surface area is 344 Å². The molecule has 2 unspecified atom stereocenters. The van der Waals surface area contributed by atoms with Crippen molar-refractivity contribution in [1.29, 1.82) is 0 Å². The summed E-state index contributed by atoms with van der Waals surface area (Å²) in [6.45, 7) is 4.60. The largest absolute Gasteiger partial charge is 0.544 e. The van der Waals surface area contributed by atoms with Gasteiger partial charge in [0.25, 0.3) is 0 Å². The first-order valence-corrected chi connectivity index (χ1v) is 22.7. The van der Waals surface area contributed by atoms with Gasteiger partial charge in [-0.3, -0.25) is 9.59 Å². The second-order valence-electron chi connectivity index (χ2n) is 16.3. The van der Waals surface area contributed by atoms with Gasteiger partial charge in [0.05, 0.1) is 40.3 Å². The zero-order chi connectivity index (χ0) is 41.4. The van der Waals surface area contributed by atoms with Gasteiger partial charge in [-0.05, 0) is 64.2 Å². The van der Waals surface area contributed by atoms with Gasteiger partial charge in [-0.1, -0.05) is 152 Å². The standard InChI is InChI=1S/C48H85NO7/c1-6-8-10-12-14-16-18-20-22-23-24-25-27-28-30-32-34-36-38-46(50)55-43-44(42-54-41-40-45(48(52)53)49(3,4)5)56-47(51)39-37-35-33-31-29-26-21-19-17-15-13-11-9-7-2/h18,20,22-26,29,44-45H,6-17,19,21,27-28,30-43H2,1-5H3/b20-18+,23-22+,25-24+,29-26+. The lowest BCUT2D eigenvalue weighted by Gasteiger charge is -2.34. The number of rotatable bonds is 40. The summed E-state index contributed by atoms with van der Waals surface area (Å²) in [6.07, 6.45) is 45.6. The van der Waals surface area contributed by atoms with Crippen LogP contribution in [0, 0.1) is 0 Å². The molecule has 0 aliphatic heterocycles. The number of ether oxygens (including phenoxy) is 3. The van der Waals surface area contributed by atoms with Crippen LogP contribution >= 0.6 is 0 Å². The van der Waals surface area contributed by atoms with Crippen molar-refractivity contribution < 1.29 is 38.2 Å². The first kappa shape index (κ1) is 53.3. The first-order valence-electron chi connectivity index (χ1n) is 22.7. The number of hydrogen-bond acceptors (Lipinski definition) is 7. The van der Waals surface area contributed by atoms with E-state index in [1.54, 1.807) is 21.1 Å². The minimum absolute atomic E-state index is 0.0274. The summed E-state index contributed by atoms with van der Waals surface area (Å²) < 4.78 is 17.1. The molecular weight excluding hydrogens is 703 g/mol. The fraction of sp³-hybridized carbons (Fsp3) is 0.771. The lowest BCUT2D eigenvalue weighted by Crippen LogP contribution is -2.55. The zero-order valence-electron chi connectivity index (χ0n) is 36.8. The molecule has 0 N–H and O–H groups in total. The van der Waals surface area contributed by atoms with E-state index in [2.05, 4.69) is 62.5 Å². The van der Waals surface area contributed by atoms with Gasteiger partial charge in [0.1, 0.15) is 12.6 Å². The summed E-state index contributed by atoms with van der Waals surface area (Å²) in [6, 6.07) is -0.732. The van der Waals surface area contributed by atoms with Crippen LogP contribution in [0.3, 0.4) is 0 Å². The highest BCUT2D eigenvalue weighted by Gasteiger charge is 2.25. The van der Waals surface area contributed by atoms with Crippen LogP contribution < -0.4 is 5.11 Å². The molecule has 0 fully saturated rings. The Morgan fingerprint density at radius 3 is 1.45 bits per heavy atom. The number of likely N-dealkylation sites (N-methyl/N-ethyl adjacent to an activating group) is 1. The fourth-order valence-electron chi connectivity index (χ4n) is 6.42. The van der Waals surface area contributed by atoms with Gasteiger partial charge in [0.2, 0.25) is 0 Å². The number of carbonyl (C=O) groups excluding carboxylic acids is 3. The van der Waals surface area contributed by atoms with E-state index >= 15 is 0 Å². The number of carbonyl (C=O) groups is 3. The molecule has 56 heavy (non-hydrogen) atoms. The zero-order valence-corrected chi connectivity index (χ0v) is 36.8. The summed E-state index contributed by atoms with van der Waals surface area (Å²) in [4.78, 5) is 36.8. The van der Waals surface area contributed by atoms with Crippen LogP contribution in [0.4, 0.5) is 0 Å². The number of carboxylic acids is 1. The van der Waals surface area contributed by atoms with E-state index in [9.17, 15) is 19.5 Å². The number of hydrogen-bond donors (Lipinski definition) is 0. The van der Waals surface area contributed by atoms with E-state index in [-0.39, 0.29) is 42.7 Å². The first-order chi connectivity index (χ1) is 27.1. The maximum absolute atomic E-state index is 12.7. The number of aliphatic carboxylic acids is 1. The lowest BCUT2D eigenvalue weighted by atomic mass is 10.1. The molecule has 0 aromatic heterocycles. The second kappa shape index (κ2) is 39.1. The molecule has 0 radical (unpaired) electrons. The third kappa shape index (κ3) is 36.9. The molecule has 0 saturated heterocycles. The second-order valence-corrected chi connectivity index (χ2v) is 16.3. The number of unbranched alkanes of at least 4 members (excludes halogenated alkanes) is 20. The van der Waals surface area contributed by atoms with Crippen molar-refractivity contribution in [2.75, 3.05) is 41.0 Å². The molecule has 8 heteroatoms. The molecule has 0 rings (SSSR count). The maximum atomic E-state index is 12.7. The number of carboxylic acid groups (broad SMARTS) is 1. The van der Waals surface area contributed by atoms with E-state index in [0.717, 1.165) is 77.0 Å². The molecule has 0 saturated carbocycles. The van der Waals surface area contributed by atoms with E-state index in [1.165, 1.54) is 77.0 Å². The summed E-state index contributed by atoms with van der Waals surface area (Å²) in [5.74, 6) is -1.78. The molecule has 0 heterocycles. The Morgan fingerprint density at radius 1 is 0.536 bits per heavy atom. The van der Waals surface area contributed by atoms with Gasteiger partial charge in [0, 0.05) is 19.3 Å². The van der Waals surface area contributed by atoms with Crippen molar-refractivity contribution in [3.05, 3.63) is 48.6 Å². The molecule has 0 bridgehead atoms. The number of esters is 2. The highest BCUT2D eigenvalue weighted by atomic mass is 16.6. The van der Waals surface area contributed by atoms with Gasteiger partial charge in [0.15, 0.2) is 6.10 Å². The van der Waals surface area contributed by atoms with E-state index in [0.29, 0.717) is 12.8 Å². The molecule has 0 aliphatic rings. The summed E-state index contributed by atoms with van der Waals surface area (Å²) in [5, 5.41) is 11.6. The molecule has 0 aromatic rings. The van der Waals surface area contributed by atoms with Crippen LogP contribution in [0.25, 0.3) is 0 Å². The van der Waals surface area contributed by atoms with Crippen LogP contribution in [-0.2, 0) is 28.6 Å². The van der Waals surface area contributed by atoms with Crippen LogP contribution in [0.5, 0.6) is 0 Å². The van der Waals surface area contributed by atoms with E-state index in [4.69, 9.17) is 14.2 Å². The summed E-state index contributed by atoms with van der Waals surface area (Å²) in [7, 11) is 5.39. The number of nitrogens with zero attached hydrogens (tertiary/aromatic N) is 1. The van der Waals surface area contributed by atoms with E-state index in [1.807, 2.05) is 0 Å². The normalized spacial score (nSPS) is 13.4. The quantitative estimate of drug-likeness (QED) is 0.0200. The Bertz CT molecular complexity index is 1060. The molecule has 0 spiro atoms. The van der Waals surface area contributed by atoms with Crippen molar-refractivity contribution in [2.45, 2.75) is 199 Å². The average molecular weight is 788 g/mol.